The van der Waals surface area contributed by atoms with Crippen molar-refractivity contribution >= 4 is 33.8 Å². The molecular formula is C14H17Cl2N3O3S. The van der Waals surface area contributed by atoms with Crippen LogP contribution in [0.2, 0.25) is 5.02 Å². The molecule has 0 radical (unpaired) electrons. The normalized spacial score (nSPS) is 16.5. The Morgan fingerprint density at radius 1 is 1.39 bits per heavy atom. The lowest BCUT2D eigenvalue weighted by molar-refractivity contribution is 0.229. The van der Waals surface area contributed by atoms with E-state index in [0.29, 0.717) is 16.4 Å². The van der Waals surface area contributed by atoms with E-state index in [1.807, 2.05) is 0 Å². The molecule has 23 heavy (non-hydrogen) atoms. The van der Waals surface area contributed by atoms with Gasteiger partial charge in [-0.3, -0.25) is 0 Å². The van der Waals surface area contributed by atoms with E-state index in [0.717, 1.165) is 19.3 Å². The Morgan fingerprint density at radius 3 is 2.65 bits per heavy atom. The van der Waals surface area contributed by atoms with Gasteiger partial charge in [0.15, 0.2) is 15.7 Å². The van der Waals surface area contributed by atoms with Crippen LogP contribution in [0.5, 0.6) is 0 Å². The average molecular weight is 378 g/mol. The number of sulfone groups is 1. The van der Waals surface area contributed by atoms with Crippen molar-refractivity contribution in [1.29, 1.82) is 0 Å². The zero-order valence-corrected chi connectivity index (χ0v) is 14.8. The third-order valence-electron chi connectivity index (χ3n) is 4.02. The lowest BCUT2D eigenvalue weighted by Gasteiger charge is -2.34. The van der Waals surface area contributed by atoms with Crippen LogP contribution in [0, 0.1) is 0 Å². The van der Waals surface area contributed by atoms with Crippen LogP contribution in [-0.4, -0.2) is 24.3 Å². The Hall–Kier alpha value is -1.15. The molecule has 1 fully saturated rings. The lowest BCUT2D eigenvalue weighted by atomic mass is 9.77. The number of halogens is 2. The maximum Gasteiger partial charge on any atom is 0.259 e. The quantitative estimate of drug-likeness (QED) is 0.878. The van der Waals surface area contributed by atoms with Gasteiger partial charge in [-0.25, -0.2) is 8.42 Å². The molecule has 0 amide bonds. The summed E-state index contributed by atoms with van der Waals surface area (Å²) in [5.74, 6) is 0.633. The first-order valence-corrected chi connectivity index (χ1v) is 9.04. The zero-order valence-electron chi connectivity index (χ0n) is 12.5. The zero-order chi connectivity index (χ0) is 16.0. The molecule has 6 nitrogen and oxygen atoms in total. The number of aromatic nitrogens is 2. The monoisotopic (exact) mass is 377 g/mol. The molecule has 3 rings (SSSR count). The summed E-state index contributed by atoms with van der Waals surface area (Å²) in [5.41, 5.74) is 6.02. The highest BCUT2D eigenvalue weighted by Gasteiger charge is 2.39. The highest BCUT2D eigenvalue weighted by Crippen LogP contribution is 2.38. The Morgan fingerprint density at radius 2 is 2.09 bits per heavy atom. The van der Waals surface area contributed by atoms with E-state index in [-0.39, 0.29) is 28.9 Å². The number of benzene rings is 1. The van der Waals surface area contributed by atoms with E-state index in [2.05, 4.69) is 10.1 Å². The number of nitrogens with two attached hydrogens (primary N) is 1. The van der Waals surface area contributed by atoms with Crippen molar-refractivity contribution in [3.8, 4) is 11.5 Å². The molecule has 1 heterocycles. The van der Waals surface area contributed by atoms with Crippen LogP contribution in [0.1, 0.15) is 32.0 Å². The summed E-state index contributed by atoms with van der Waals surface area (Å²) >= 11 is 6.14. The van der Waals surface area contributed by atoms with Gasteiger partial charge in [-0.05, 0) is 37.5 Å². The maximum atomic E-state index is 12.0. The molecule has 126 valence electrons. The first-order valence-electron chi connectivity index (χ1n) is 7.01. The standard InChI is InChI=1S/C14H16ClN3O3S.ClH/c1-2-22(19,20)9-4-5-11(15)10(8-9)12-17-13(18-21-12)14(16)6-3-7-14;/h4-5,8H,2-3,6-7,16H2,1H3;1H. The van der Waals surface area contributed by atoms with Crippen LogP contribution in [0.3, 0.4) is 0 Å². The minimum atomic E-state index is -3.33. The molecular weight excluding hydrogens is 361 g/mol. The van der Waals surface area contributed by atoms with Crippen LogP contribution < -0.4 is 5.73 Å². The van der Waals surface area contributed by atoms with E-state index < -0.39 is 15.4 Å². The van der Waals surface area contributed by atoms with Gasteiger partial charge in [-0.2, -0.15) is 4.98 Å². The van der Waals surface area contributed by atoms with Gasteiger partial charge in [-0.1, -0.05) is 23.7 Å². The van der Waals surface area contributed by atoms with E-state index in [9.17, 15) is 8.42 Å². The molecule has 1 aromatic heterocycles. The van der Waals surface area contributed by atoms with Crippen LogP contribution in [-0.2, 0) is 15.4 Å². The second-order valence-corrected chi connectivity index (χ2v) is 8.16. The highest BCUT2D eigenvalue weighted by molar-refractivity contribution is 7.91. The fourth-order valence-electron chi connectivity index (χ4n) is 2.34. The molecule has 0 unspecified atom stereocenters. The molecule has 1 aromatic carbocycles. The Balaban J connectivity index is 0.00000192. The summed E-state index contributed by atoms with van der Waals surface area (Å²) in [5, 5.41) is 4.27. The number of hydrogen-bond donors (Lipinski definition) is 1. The Labute approximate surface area is 145 Å². The molecule has 1 saturated carbocycles. The lowest BCUT2D eigenvalue weighted by Crippen LogP contribution is -2.44. The smallest absolute Gasteiger partial charge is 0.259 e. The molecule has 1 aliphatic carbocycles. The van der Waals surface area contributed by atoms with Gasteiger partial charge in [0.2, 0.25) is 0 Å². The topological polar surface area (TPSA) is 99.1 Å². The van der Waals surface area contributed by atoms with Crippen LogP contribution in [0.4, 0.5) is 0 Å². The van der Waals surface area contributed by atoms with E-state index in [1.54, 1.807) is 6.92 Å². The predicted molar refractivity (Wildman–Crippen MR) is 89.4 cm³/mol. The third kappa shape index (κ3) is 3.24. The van der Waals surface area contributed by atoms with Gasteiger partial charge in [0.05, 0.1) is 26.8 Å². The minimum Gasteiger partial charge on any atom is -0.334 e. The van der Waals surface area contributed by atoms with Gasteiger partial charge in [0.1, 0.15) is 0 Å². The largest absolute Gasteiger partial charge is 0.334 e. The fraction of sp³-hybridized carbons (Fsp3) is 0.429. The Kier molecular flexibility index (Phi) is 5.06. The van der Waals surface area contributed by atoms with E-state index >= 15 is 0 Å². The maximum absolute atomic E-state index is 12.0. The van der Waals surface area contributed by atoms with Crippen molar-refractivity contribution in [3.63, 3.8) is 0 Å². The molecule has 1 aliphatic rings. The summed E-state index contributed by atoms with van der Waals surface area (Å²) in [6.07, 6.45) is 2.65. The molecule has 9 heteroatoms. The fourth-order valence-corrected chi connectivity index (χ4v) is 3.45. The molecule has 0 saturated heterocycles. The van der Waals surface area contributed by atoms with Gasteiger partial charge in [0, 0.05) is 0 Å². The number of nitrogens with zero attached hydrogens (tertiary/aromatic N) is 2. The summed E-state index contributed by atoms with van der Waals surface area (Å²) in [7, 11) is -3.33. The second-order valence-electron chi connectivity index (χ2n) is 5.48. The number of rotatable bonds is 4. The van der Waals surface area contributed by atoms with Gasteiger partial charge in [0.25, 0.3) is 5.89 Å². The Bertz CT molecular complexity index is 816. The van der Waals surface area contributed by atoms with Gasteiger partial charge < -0.3 is 10.3 Å². The first kappa shape index (κ1) is 18.2. The van der Waals surface area contributed by atoms with Gasteiger partial charge in [-0.15, -0.1) is 12.4 Å². The van der Waals surface area contributed by atoms with Crippen molar-refractivity contribution in [2.24, 2.45) is 5.73 Å². The van der Waals surface area contributed by atoms with Crippen LogP contribution >= 0.6 is 24.0 Å². The summed E-state index contributed by atoms with van der Waals surface area (Å²) in [6, 6.07) is 4.45. The summed E-state index contributed by atoms with van der Waals surface area (Å²) < 4.78 is 29.2. The minimum absolute atomic E-state index is 0. The summed E-state index contributed by atoms with van der Waals surface area (Å²) in [4.78, 5) is 4.48. The number of hydrogen-bond acceptors (Lipinski definition) is 6. The molecule has 0 atom stereocenters. The van der Waals surface area contributed by atoms with Crippen molar-refractivity contribution < 1.29 is 12.9 Å². The molecule has 0 aliphatic heterocycles. The predicted octanol–water partition coefficient (Wildman–Crippen LogP) is 2.94. The molecule has 2 N–H and O–H groups in total. The SMILES string of the molecule is CCS(=O)(=O)c1ccc(Cl)c(-c2nc(C3(N)CCC3)no2)c1.Cl. The van der Waals surface area contributed by atoms with Gasteiger partial charge >= 0.3 is 0 Å². The highest BCUT2D eigenvalue weighted by atomic mass is 35.5. The molecule has 2 aromatic rings. The van der Waals surface area contributed by atoms with Crippen LogP contribution in [0.25, 0.3) is 11.5 Å². The van der Waals surface area contributed by atoms with E-state index in [4.69, 9.17) is 21.9 Å². The van der Waals surface area contributed by atoms with Crippen LogP contribution in [0.15, 0.2) is 27.6 Å². The van der Waals surface area contributed by atoms with E-state index in [1.165, 1.54) is 18.2 Å². The molecule has 0 bridgehead atoms. The summed E-state index contributed by atoms with van der Waals surface area (Å²) in [6.45, 7) is 1.59. The van der Waals surface area contributed by atoms with Crippen molar-refractivity contribution in [2.75, 3.05) is 5.75 Å². The first-order chi connectivity index (χ1) is 10.4. The van der Waals surface area contributed by atoms with Crippen molar-refractivity contribution in [2.45, 2.75) is 36.6 Å². The van der Waals surface area contributed by atoms with Crippen molar-refractivity contribution in [1.82, 2.24) is 10.1 Å². The second kappa shape index (κ2) is 6.39. The third-order valence-corrected chi connectivity index (χ3v) is 6.09. The average Bonchev–Trinajstić information content (AvgIpc) is 2.95. The van der Waals surface area contributed by atoms with Crippen molar-refractivity contribution in [3.05, 3.63) is 29.0 Å². The molecule has 0 spiro atoms.